The van der Waals surface area contributed by atoms with Crippen LogP contribution in [-0.4, -0.2) is 56.0 Å². The van der Waals surface area contributed by atoms with E-state index < -0.39 is 5.37 Å². The Bertz CT molecular complexity index is 1240. The zero-order chi connectivity index (χ0) is 22.8. The van der Waals surface area contributed by atoms with Gasteiger partial charge in [-0.1, -0.05) is 42.5 Å². The number of fused-ring (bicyclic) bond motifs is 1. The van der Waals surface area contributed by atoms with Gasteiger partial charge in [0.2, 0.25) is 0 Å². The van der Waals surface area contributed by atoms with Gasteiger partial charge in [-0.2, -0.15) is 0 Å². The first-order valence-corrected chi connectivity index (χ1v) is 13.1. The van der Waals surface area contributed by atoms with E-state index in [1.54, 1.807) is 16.3 Å². The maximum Gasteiger partial charge on any atom is 0.277 e. The number of benzene rings is 2. The van der Waals surface area contributed by atoms with Gasteiger partial charge in [-0.25, -0.2) is 4.98 Å². The third-order valence-electron chi connectivity index (χ3n) is 5.87. The van der Waals surface area contributed by atoms with Crippen LogP contribution in [0.1, 0.15) is 6.42 Å². The number of aryl methyl sites for hydroxylation is 1. The van der Waals surface area contributed by atoms with Crippen molar-refractivity contribution in [3.63, 3.8) is 0 Å². The molecule has 0 bridgehead atoms. The molecule has 0 radical (unpaired) electrons. The molecule has 9 heteroatoms. The van der Waals surface area contributed by atoms with Gasteiger partial charge >= 0.3 is 0 Å². The summed E-state index contributed by atoms with van der Waals surface area (Å²) in [6, 6.07) is 16.5. The number of ketones is 2. The molecule has 2 saturated heterocycles. The summed E-state index contributed by atoms with van der Waals surface area (Å²) in [7, 11) is 0. The standard InChI is InChI=1S/C24H24N4O3S2/c29-19(22-27-17(14-33-22)21(30)23-25-11-13-32-23)10-12-28-18-9-5-4-8-16(18)26-20(24(28)31)15-6-2-1-3-7-15/h1-9,17,22-23,25,27H,10-14H2. The summed E-state index contributed by atoms with van der Waals surface area (Å²) < 4.78 is 1.64. The van der Waals surface area contributed by atoms with E-state index in [0.29, 0.717) is 22.5 Å². The number of hydrogen-bond acceptors (Lipinski definition) is 8. The van der Waals surface area contributed by atoms with E-state index in [9.17, 15) is 14.4 Å². The monoisotopic (exact) mass is 480 g/mol. The Morgan fingerprint density at radius 2 is 1.82 bits per heavy atom. The molecule has 2 aromatic carbocycles. The van der Waals surface area contributed by atoms with E-state index in [1.165, 1.54) is 11.8 Å². The van der Waals surface area contributed by atoms with Gasteiger partial charge in [-0.05, 0) is 12.1 Å². The Balaban J connectivity index is 1.33. The number of nitrogens with zero attached hydrogens (tertiary/aromatic N) is 2. The Hall–Kier alpha value is -2.46. The van der Waals surface area contributed by atoms with E-state index in [4.69, 9.17) is 0 Å². The highest BCUT2D eigenvalue weighted by Gasteiger charge is 2.37. The van der Waals surface area contributed by atoms with Gasteiger partial charge in [0.05, 0.1) is 17.1 Å². The summed E-state index contributed by atoms with van der Waals surface area (Å²) in [4.78, 5) is 43.5. The topological polar surface area (TPSA) is 93.1 Å². The van der Waals surface area contributed by atoms with Crippen molar-refractivity contribution in [3.8, 4) is 11.3 Å². The molecule has 5 rings (SSSR count). The number of hydrogen-bond donors (Lipinski definition) is 2. The van der Waals surface area contributed by atoms with Crippen molar-refractivity contribution >= 4 is 46.1 Å². The van der Waals surface area contributed by atoms with Crippen molar-refractivity contribution in [2.24, 2.45) is 0 Å². The fourth-order valence-corrected chi connectivity index (χ4v) is 6.41. The van der Waals surface area contributed by atoms with Crippen molar-refractivity contribution < 1.29 is 9.59 Å². The molecule has 0 aliphatic carbocycles. The Kier molecular flexibility index (Phi) is 6.64. The number of Topliss-reactive ketones (excluding diaryl/α,β-unsaturated/α-hetero) is 2. The van der Waals surface area contributed by atoms with Crippen LogP contribution in [0, 0.1) is 0 Å². The quantitative estimate of drug-likeness (QED) is 0.532. The predicted octanol–water partition coefficient (Wildman–Crippen LogP) is 2.29. The third kappa shape index (κ3) is 4.63. The van der Waals surface area contributed by atoms with Crippen molar-refractivity contribution in [1.82, 2.24) is 20.2 Å². The summed E-state index contributed by atoms with van der Waals surface area (Å²) in [6.07, 6.45) is 0.199. The number of carbonyl (C=O) groups excluding carboxylic acids is 2. The highest BCUT2D eigenvalue weighted by Crippen LogP contribution is 2.25. The highest BCUT2D eigenvalue weighted by atomic mass is 32.2. The summed E-state index contributed by atoms with van der Waals surface area (Å²) in [5.74, 6) is 1.63. The molecule has 0 spiro atoms. The molecule has 33 heavy (non-hydrogen) atoms. The molecular weight excluding hydrogens is 456 g/mol. The minimum atomic E-state index is -0.428. The molecule has 170 valence electrons. The fraction of sp³-hybridized carbons (Fsp3) is 0.333. The minimum Gasteiger partial charge on any atom is -0.304 e. The number of aromatic nitrogens is 2. The van der Waals surface area contributed by atoms with E-state index in [2.05, 4.69) is 15.6 Å². The second-order valence-electron chi connectivity index (χ2n) is 8.03. The number of nitrogens with one attached hydrogen (secondary N) is 2. The lowest BCUT2D eigenvalue weighted by atomic mass is 10.1. The van der Waals surface area contributed by atoms with Crippen LogP contribution in [0.2, 0.25) is 0 Å². The van der Waals surface area contributed by atoms with Crippen LogP contribution in [0.4, 0.5) is 0 Å². The average molecular weight is 481 g/mol. The number of thioether (sulfide) groups is 2. The number of carbonyl (C=O) groups is 2. The molecule has 0 amide bonds. The predicted molar refractivity (Wildman–Crippen MR) is 133 cm³/mol. The third-order valence-corrected chi connectivity index (χ3v) is 8.30. The normalized spacial score (nSPS) is 22.6. The zero-order valence-corrected chi connectivity index (χ0v) is 19.5. The Morgan fingerprint density at radius 1 is 1.03 bits per heavy atom. The maximum atomic E-state index is 13.3. The van der Waals surface area contributed by atoms with Gasteiger partial charge in [-0.15, -0.1) is 23.5 Å². The van der Waals surface area contributed by atoms with Gasteiger partial charge < -0.3 is 4.57 Å². The number of para-hydroxylation sites is 2. The van der Waals surface area contributed by atoms with Gasteiger partial charge in [-0.3, -0.25) is 25.0 Å². The smallest absolute Gasteiger partial charge is 0.277 e. The molecule has 3 atom stereocenters. The average Bonchev–Trinajstić information content (AvgIpc) is 3.56. The first-order valence-electron chi connectivity index (χ1n) is 11.0. The van der Waals surface area contributed by atoms with Crippen LogP contribution in [0.25, 0.3) is 22.3 Å². The van der Waals surface area contributed by atoms with Crippen LogP contribution in [0.3, 0.4) is 0 Å². The first-order chi connectivity index (χ1) is 16.1. The van der Waals surface area contributed by atoms with E-state index in [-0.39, 0.29) is 41.5 Å². The van der Waals surface area contributed by atoms with Crippen molar-refractivity contribution in [2.45, 2.75) is 29.8 Å². The Morgan fingerprint density at radius 3 is 2.61 bits per heavy atom. The molecule has 3 unspecified atom stereocenters. The van der Waals surface area contributed by atoms with Crippen LogP contribution in [0.5, 0.6) is 0 Å². The highest BCUT2D eigenvalue weighted by molar-refractivity contribution is 8.01. The summed E-state index contributed by atoms with van der Waals surface area (Å²) in [5.41, 5.74) is 2.34. The van der Waals surface area contributed by atoms with E-state index in [1.807, 2.05) is 54.6 Å². The molecule has 3 aromatic rings. The van der Waals surface area contributed by atoms with Crippen LogP contribution in [-0.2, 0) is 16.1 Å². The molecule has 0 saturated carbocycles. The van der Waals surface area contributed by atoms with Gasteiger partial charge in [0.15, 0.2) is 11.6 Å². The van der Waals surface area contributed by atoms with Crippen molar-refractivity contribution in [2.75, 3.05) is 18.1 Å². The van der Waals surface area contributed by atoms with Crippen LogP contribution >= 0.6 is 23.5 Å². The summed E-state index contributed by atoms with van der Waals surface area (Å²) in [5, 5.41) is 5.79. The molecule has 3 heterocycles. The van der Waals surface area contributed by atoms with Gasteiger partial charge in [0.25, 0.3) is 5.56 Å². The van der Waals surface area contributed by atoms with Crippen LogP contribution in [0.15, 0.2) is 59.4 Å². The number of rotatable bonds is 7. The van der Waals surface area contributed by atoms with Crippen LogP contribution < -0.4 is 16.2 Å². The minimum absolute atomic E-state index is 0.00334. The maximum absolute atomic E-state index is 13.3. The van der Waals surface area contributed by atoms with Gasteiger partial charge in [0.1, 0.15) is 16.4 Å². The van der Waals surface area contributed by atoms with Crippen molar-refractivity contribution in [1.29, 1.82) is 0 Å². The lowest BCUT2D eigenvalue weighted by Gasteiger charge is -2.16. The zero-order valence-electron chi connectivity index (χ0n) is 17.9. The first kappa shape index (κ1) is 22.3. The lowest BCUT2D eigenvalue weighted by molar-refractivity contribution is -0.121. The molecule has 2 aliphatic rings. The second kappa shape index (κ2) is 9.80. The van der Waals surface area contributed by atoms with Crippen molar-refractivity contribution in [3.05, 3.63) is 65.0 Å². The van der Waals surface area contributed by atoms with E-state index >= 15 is 0 Å². The molecule has 2 N–H and O–H groups in total. The summed E-state index contributed by atoms with van der Waals surface area (Å²) >= 11 is 3.09. The lowest BCUT2D eigenvalue weighted by Crippen LogP contribution is -2.46. The van der Waals surface area contributed by atoms with Gasteiger partial charge in [0, 0.05) is 36.6 Å². The molecule has 7 nitrogen and oxygen atoms in total. The van der Waals surface area contributed by atoms with E-state index in [0.717, 1.165) is 17.9 Å². The molecular formula is C24H24N4O3S2. The SMILES string of the molecule is O=C(CCn1c(=O)c(-c2ccccc2)nc2ccccc21)C1NC(C(=O)C2NCCS2)CS1. The largest absolute Gasteiger partial charge is 0.304 e. The summed E-state index contributed by atoms with van der Waals surface area (Å²) in [6.45, 7) is 1.10. The fourth-order valence-electron chi connectivity index (χ4n) is 4.16. The molecule has 2 fully saturated rings. The molecule has 2 aliphatic heterocycles. The molecule has 1 aromatic heterocycles. The Labute approximate surface area is 199 Å². The second-order valence-corrected chi connectivity index (χ2v) is 10.4.